The molecule has 1 aromatic heterocycles. The molecule has 0 radical (unpaired) electrons. The summed E-state index contributed by atoms with van der Waals surface area (Å²) in [4.78, 5) is 34.9. The first kappa shape index (κ1) is 23.8. The molecule has 0 saturated carbocycles. The van der Waals surface area contributed by atoms with Gasteiger partial charge in [-0.25, -0.2) is 14.6 Å². The second-order valence-corrected chi connectivity index (χ2v) is 10.2. The molecule has 0 unspecified atom stereocenters. The van der Waals surface area contributed by atoms with Crippen molar-refractivity contribution in [3.8, 4) is 0 Å². The molecule has 1 saturated heterocycles. The number of amides is 2. The molecule has 9 heteroatoms. The van der Waals surface area contributed by atoms with Crippen molar-refractivity contribution in [3.63, 3.8) is 0 Å². The monoisotopic (exact) mass is 446 g/mol. The zero-order valence-electron chi connectivity index (χ0n) is 19.7. The van der Waals surface area contributed by atoms with Gasteiger partial charge < -0.3 is 29.8 Å². The van der Waals surface area contributed by atoms with Crippen molar-refractivity contribution < 1.29 is 24.2 Å². The third kappa shape index (κ3) is 5.51. The lowest BCUT2D eigenvalue weighted by Crippen LogP contribution is -2.55. The Morgan fingerprint density at radius 3 is 2.31 bits per heavy atom. The highest BCUT2D eigenvalue weighted by Crippen LogP contribution is 2.34. The minimum atomic E-state index is -0.855. The summed E-state index contributed by atoms with van der Waals surface area (Å²) in [6.07, 6.45) is -0.0684. The number of piperidine rings is 1. The van der Waals surface area contributed by atoms with Gasteiger partial charge in [0, 0.05) is 18.7 Å². The number of aliphatic hydroxyl groups excluding tert-OH is 1. The first-order valence-corrected chi connectivity index (χ1v) is 10.9. The number of hydrogen-bond donors (Lipinski definition) is 3. The summed E-state index contributed by atoms with van der Waals surface area (Å²) < 4.78 is 11.0. The lowest BCUT2D eigenvalue weighted by Gasteiger charge is -2.41. The first-order chi connectivity index (χ1) is 14.8. The van der Waals surface area contributed by atoms with E-state index in [1.807, 2.05) is 39.0 Å². The van der Waals surface area contributed by atoms with Crippen molar-refractivity contribution in [3.05, 3.63) is 29.6 Å². The van der Waals surface area contributed by atoms with Crippen LogP contribution in [0, 0.1) is 0 Å². The maximum Gasteiger partial charge on any atom is 0.410 e. The second-order valence-electron chi connectivity index (χ2n) is 10.2. The van der Waals surface area contributed by atoms with Crippen molar-refractivity contribution in [1.29, 1.82) is 0 Å². The molecule has 2 heterocycles. The van der Waals surface area contributed by atoms with E-state index in [4.69, 9.17) is 14.5 Å². The molecule has 0 spiro atoms. The first-order valence-electron chi connectivity index (χ1n) is 10.9. The van der Waals surface area contributed by atoms with Crippen LogP contribution in [0.5, 0.6) is 0 Å². The molecule has 0 aliphatic carbocycles. The van der Waals surface area contributed by atoms with Crippen LogP contribution in [-0.4, -0.2) is 56.5 Å². The molecular weight excluding hydrogens is 412 g/mol. The number of carbonyl (C=O) groups excluding carboxylic acids is 2. The molecule has 176 valence electrons. The highest BCUT2D eigenvalue weighted by molar-refractivity contribution is 5.79. The maximum absolute atomic E-state index is 12.7. The van der Waals surface area contributed by atoms with Gasteiger partial charge in [-0.15, -0.1) is 0 Å². The number of benzene rings is 1. The molecule has 3 rings (SSSR count). The van der Waals surface area contributed by atoms with Crippen LogP contribution in [0.3, 0.4) is 0 Å². The lowest BCUT2D eigenvalue weighted by atomic mass is 9.86. The molecule has 1 aromatic carbocycles. The fourth-order valence-electron chi connectivity index (χ4n) is 3.76. The van der Waals surface area contributed by atoms with Crippen molar-refractivity contribution >= 4 is 23.2 Å². The molecule has 0 atom stereocenters. The van der Waals surface area contributed by atoms with Crippen LogP contribution in [0.25, 0.3) is 11.0 Å². The van der Waals surface area contributed by atoms with Gasteiger partial charge in [0.15, 0.2) is 0 Å². The average Bonchev–Trinajstić information content (AvgIpc) is 3.10. The van der Waals surface area contributed by atoms with E-state index < -0.39 is 22.8 Å². The number of nitrogens with zero attached hydrogens (tertiary/aromatic N) is 2. The Labute approximate surface area is 188 Å². The molecule has 3 N–H and O–H groups in total. The molecule has 1 aliphatic rings. The Bertz CT molecular complexity index is 978. The molecule has 0 bridgehead atoms. The minimum absolute atomic E-state index is 0.138. The van der Waals surface area contributed by atoms with Crippen molar-refractivity contribution in [2.24, 2.45) is 0 Å². The zero-order chi connectivity index (χ0) is 23.7. The Kier molecular flexibility index (Phi) is 6.42. The van der Waals surface area contributed by atoms with Crippen LogP contribution in [0.15, 0.2) is 18.2 Å². The Hall–Kier alpha value is -2.81. The number of fused-ring (bicyclic) bond motifs is 1. The number of aromatic amines is 1. The minimum Gasteiger partial charge on any atom is -0.444 e. The second kappa shape index (κ2) is 8.61. The molecule has 2 amide bonds. The molecule has 1 fully saturated rings. The number of para-hydroxylation sites is 1. The van der Waals surface area contributed by atoms with Gasteiger partial charge >= 0.3 is 12.2 Å². The fraction of sp³-hybridized carbons (Fsp3) is 0.609. The summed E-state index contributed by atoms with van der Waals surface area (Å²) in [5.74, 6) is 0.572. The van der Waals surface area contributed by atoms with E-state index in [0.717, 1.165) is 5.52 Å². The SMILES string of the molecule is CC(C)(C)OC(=O)NC1(c2nc3c(CO)cccc3[nH]2)CCN(C(=O)OC(C)(C)C)CC1. The van der Waals surface area contributed by atoms with Gasteiger partial charge in [-0.1, -0.05) is 12.1 Å². The van der Waals surface area contributed by atoms with Gasteiger partial charge in [0.1, 0.15) is 22.6 Å². The van der Waals surface area contributed by atoms with Crippen LogP contribution in [0.1, 0.15) is 65.8 Å². The quantitative estimate of drug-likeness (QED) is 0.660. The fourth-order valence-corrected chi connectivity index (χ4v) is 3.76. The third-order valence-electron chi connectivity index (χ3n) is 5.23. The van der Waals surface area contributed by atoms with Crippen LogP contribution in [-0.2, 0) is 21.6 Å². The van der Waals surface area contributed by atoms with E-state index >= 15 is 0 Å². The van der Waals surface area contributed by atoms with E-state index in [1.54, 1.807) is 25.7 Å². The Morgan fingerprint density at radius 2 is 1.75 bits per heavy atom. The predicted octanol–water partition coefficient (Wildman–Crippen LogP) is 3.81. The van der Waals surface area contributed by atoms with E-state index in [9.17, 15) is 14.7 Å². The van der Waals surface area contributed by atoms with Gasteiger partial charge in [0.2, 0.25) is 0 Å². The summed E-state index contributed by atoms with van der Waals surface area (Å²) in [6.45, 7) is 11.5. The molecule has 2 aromatic rings. The van der Waals surface area contributed by atoms with Gasteiger partial charge in [0.05, 0.1) is 17.6 Å². The van der Waals surface area contributed by atoms with E-state index in [1.165, 1.54) is 0 Å². The highest BCUT2D eigenvalue weighted by atomic mass is 16.6. The number of H-pyrrole nitrogens is 1. The van der Waals surface area contributed by atoms with Crippen LogP contribution in [0.4, 0.5) is 9.59 Å². The number of carbonyl (C=O) groups is 2. The summed E-state index contributed by atoms with van der Waals surface area (Å²) in [6, 6.07) is 5.53. The number of aliphatic hydroxyl groups is 1. The maximum atomic E-state index is 12.7. The average molecular weight is 447 g/mol. The van der Waals surface area contributed by atoms with Gasteiger partial charge in [-0.05, 0) is 60.5 Å². The van der Waals surface area contributed by atoms with Crippen LogP contribution >= 0.6 is 0 Å². The number of aromatic nitrogens is 2. The summed E-state index contributed by atoms with van der Waals surface area (Å²) >= 11 is 0. The summed E-state index contributed by atoms with van der Waals surface area (Å²) in [5.41, 5.74) is 0.0346. The van der Waals surface area contributed by atoms with Crippen LogP contribution < -0.4 is 5.32 Å². The molecular formula is C23H34N4O5. The number of rotatable bonds is 3. The topological polar surface area (TPSA) is 117 Å². The smallest absolute Gasteiger partial charge is 0.410 e. The number of hydrogen-bond acceptors (Lipinski definition) is 6. The number of ether oxygens (including phenoxy) is 2. The predicted molar refractivity (Wildman–Crippen MR) is 120 cm³/mol. The largest absolute Gasteiger partial charge is 0.444 e. The van der Waals surface area contributed by atoms with E-state index in [-0.39, 0.29) is 12.7 Å². The lowest BCUT2D eigenvalue weighted by molar-refractivity contribution is 0.0107. The number of imidazole rings is 1. The Balaban J connectivity index is 1.90. The summed E-state index contributed by atoms with van der Waals surface area (Å²) in [5, 5.41) is 12.7. The molecule has 32 heavy (non-hydrogen) atoms. The highest BCUT2D eigenvalue weighted by Gasteiger charge is 2.43. The van der Waals surface area contributed by atoms with Crippen molar-refractivity contribution in [2.45, 2.75) is 77.7 Å². The zero-order valence-corrected chi connectivity index (χ0v) is 19.7. The molecule has 9 nitrogen and oxygen atoms in total. The van der Waals surface area contributed by atoms with E-state index in [2.05, 4.69) is 10.3 Å². The summed E-state index contributed by atoms with van der Waals surface area (Å²) in [7, 11) is 0. The van der Waals surface area contributed by atoms with Crippen molar-refractivity contribution in [1.82, 2.24) is 20.2 Å². The van der Waals surface area contributed by atoms with E-state index in [0.29, 0.717) is 42.8 Å². The van der Waals surface area contributed by atoms with Gasteiger partial charge in [-0.3, -0.25) is 0 Å². The normalized spacial score (nSPS) is 16.7. The van der Waals surface area contributed by atoms with Gasteiger partial charge in [0.25, 0.3) is 0 Å². The van der Waals surface area contributed by atoms with Crippen LogP contribution in [0.2, 0.25) is 0 Å². The number of likely N-dealkylation sites (tertiary alicyclic amines) is 1. The number of alkyl carbamates (subject to hydrolysis) is 1. The number of nitrogens with one attached hydrogen (secondary N) is 2. The van der Waals surface area contributed by atoms with Gasteiger partial charge in [-0.2, -0.15) is 0 Å². The molecule has 1 aliphatic heterocycles. The van der Waals surface area contributed by atoms with Crippen molar-refractivity contribution in [2.75, 3.05) is 13.1 Å². The Morgan fingerprint density at radius 1 is 1.12 bits per heavy atom. The third-order valence-corrected chi connectivity index (χ3v) is 5.23. The standard InChI is InChI=1S/C23H34N4O5/c1-21(2,3)31-19(29)26-23(10-12-27(13-11-23)20(30)32-22(4,5)6)18-24-16-9-7-8-15(14-28)17(16)25-18/h7-9,28H,10-14H2,1-6H3,(H,24,25)(H,26,29).